The van der Waals surface area contributed by atoms with Crippen LogP contribution in [0.15, 0.2) is 94.5 Å². The van der Waals surface area contributed by atoms with Crippen molar-refractivity contribution >= 4 is 39.8 Å². The number of benzene rings is 3. The summed E-state index contributed by atoms with van der Waals surface area (Å²) in [5.41, 5.74) is 2.21. The van der Waals surface area contributed by atoms with Crippen molar-refractivity contribution in [3.05, 3.63) is 95.6 Å². The Morgan fingerprint density at radius 2 is 1.55 bits per heavy atom. The predicted octanol–water partition coefficient (Wildman–Crippen LogP) is 6.14. The topological polar surface area (TPSA) is 96.6 Å². The number of carbonyl (C=O) groups excluding carboxylic acids is 1. The van der Waals surface area contributed by atoms with Gasteiger partial charge in [0, 0.05) is 0 Å². The molecule has 0 unspecified atom stereocenters. The van der Waals surface area contributed by atoms with Crippen molar-refractivity contribution in [1.82, 2.24) is 5.01 Å². The third-order valence-electron chi connectivity index (χ3n) is 6.11. The van der Waals surface area contributed by atoms with E-state index in [0.717, 1.165) is 5.75 Å². The molecular formula is C31H30N4O4S. The summed E-state index contributed by atoms with van der Waals surface area (Å²) in [6, 6.07) is 24.8. The summed E-state index contributed by atoms with van der Waals surface area (Å²) in [5, 5.41) is 15.4. The van der Waals surface area contributed by atoms with Gasteiger partial charge in [0.2, 0.25) is 5.17 Å². The third kappa shape index (κ3) is 6.60. The molecule has 204 valence electrons. The second-order valence-corrected chi connectivity index (χ2v) is 11.2. The van der Waals surface area contributed by atoms with E-state index in [2.05, 4.69) is 43.0 Å². The van der Waals surface area contributed by atoms with E-state index < -0.39 is 5.91 Å². The summed E-state index contributed by atoms with van der Waals surface area (Å²) >= 11 is 1.22. The quantitative estimate of drug-likeness (QED) is 0.252. The molecule has 0 aromatic heterocycles. The maximum Gasteiger partial charge on any atom is 0.283 e. The molecule has 8 nitrogen and oxygen atoms in total. The van der Waals surface area contributed by atoms with Crippen LogP contribution in [0, 0.1) is 5.41 Å². The molecule has 3 aromatic carbocycles. The van der Waals surface area contributed by atoms with E-state index in [-0.39, 0.29) is 23.4 Å². The van der Waals surface area contributed by atoms with E-state index in [1.165, 1.54) is 22.3 Å². The molecule has 0 saturated carbocycles. The minimum atomic E-state index is -0.485. The molecule has 0 radical (unpaired) electrons. The molecule has 0 saturated heterocycles. The van der Waals surface area contributed by atoms with Crippen molar-refractivity contribution in [2.75, 3.05) is 19.8 Å². The zero-order chi connectivity index (χ0) is 28.1. The first kappa shape index (κ1) is 27.2. The number of nitrogens with one attached hydrogen (secondary N) is 1. The number of hydrogen-bond donors (Lipinski definition) is 1. The number of amides is 1. The van der Waals surface area contributed by atoms with Gasteiger partial charge in [-0.3, -0.25) is 10.2 Å². The van der Waals surface area contributed by atoms with Gasteiger partial charge in [0.1, 0.15) is 42.1 Å². The SMILES string of the molecule is CC(C)(C)c1ccc(OCCOc2cccc(/C=C3/C(=N)N4N=C(COc5ccccc5)SC4=NC3=O)c2)cc1. The fourth-order valence-corrected chi connectivity index (χ4v) is 4.78. The van der Waals surface area contributed by atoms with Crippen molar-refractivity contribution in [3.8, 4) is 17.2 Å². The zero-order valence-electron chi connectivity index (χ0n) is 22.6. The fraction of sp³-hybridized carbons (Fsp3) is 0.226. The highest BCUT2D eigenvalue weighted by atomic mass is 32.2. The minimum Gasteiger partial charge on any atom is -0.490 e. The second-order valence-electron chi connectivity index (χ2n) is 10.2. The Kier molecular flexibility index (Phi) is 8.02. The number of hydrogen-bond acceptors (Lipinski definition) is 7. The van der Waals surface area contributed by atoms with Gasteiger partial charge in [-0.1, -0.05) is 63.2 Å². The van der Waals surface area contributed by atoms with E-state index in [4.69, 9.17) is 19.6 Å². The van der Waals surface area contributed by atoms with E-state index in [1.807, 2.05) is 66.7 Å². The lowest BCUT2D eigenvalue weighted by molar-refractivity contribution is -0.114. The van der Waals surface area contributed by atoms with Crippen LogP contribution in [0.3, 0.4) is 0 Å². The van der Waals surface area contributed by atoms with Gasteiger partial charge in [0.25, 0.3) is 5.91 Å². The molecule has 0 spiro atoms. The van der Waals surface area contributed by atoms with Crippen LogP contribution in [0.25, 0.3) is 6.08 Å². The first-order chi connectivity index (χ1) is 19.3. The summed E-state index contributed by atoms with van der Waals surface area (Å²) in [6.07, 6.45) is 1.63. The normalized spacial score (nSPS) is 16.0. The Morgan fingerprint density at radius 3 is 2.27 bits per heavy atom. The Morgan fingerprint density at radius 1 is 0.875 bits per heavy atom. The zero-order valence-corrected chi connectivity index (χ0v) is 23.4. The van der Waals surface area contributed by atoms with E-state index >= 15 is 0 Å². The number of aliphatic imine (C=N–C) groups is 1. The van der Waals surface area contributed by atoms with E-state index in [1.54, 1.807) is 6.08 Å². The summed E-state index contributed by atoms with van der Waals surface area (Å²) in [7, 11) is 0. The lowest BCUT2D eigenvalue weighted by Gasteiger charge is -2.20. The number of nitrogens with zero attached hydrogens (tertiary/aromatic N) is 3. The van der Waals surface area contributed by atoms with E-state index in [9.17, 15) is 4.79 Å². The van der Waals surface area contributed by atoms with Crippen LogP contribution in [0.5, 0.6) is 17.2 Å². The van der Waals surface area contributed by atoms with Crippen molar-refractivity contribution < 1.29 is 19.0 Å². The van der Waals surface area contributed by atoms with Gasteiger partial charge < -0.3 is 14.2 Å². The number of hydrazone groups is 1. The second kappa shape index (κ2) is 11.8. The molecule has 0 bridgehead atoms. The van der Waals surface area contributed by atoms with Crippen LogP contribution in [0.2, 0.25) is 0 Å². The number of carbonyl (C=O) groups is 1. The molecular weight excluding hydrogens is 524 g/mol. The number of para-hydroxylation sites is 1. The molecule has 1 N–H and O–H groups in total. The maximum absolute atomic E-state index is 12.8. The number of fused-ring (bicyclic) bond motifs is 1. The van der Waals surface area contributed by atoms with Crippen LogP contribution >= 0.6 is 11.8 Å². The van der Waals surface area contributed by atoms with Gasteiger partial charge in [-0.25, -0.2) is 0 Å². The highest BCUT2D eigenvalue weighted by Gasteiger charge is 2.35. The van der Waals surface area contributed by atoms with Crippen LogP contribution in [0.4, 0.5) is 0 Å². The van der Waals surface area contributed by atoms with E-state index in [0.29, 0.717) is 40.5 Å². The average molecular weight is 555 g/mol. The summed E-state index contributed by atoms with van der Waals surface area (Å²) < 4.78 is 17.4. The van der Waals surface area contributed by atoms with Gasteiger partial charge in [0.15, 0.2) is 5.84 Å². The summed E-state index contributed by atoms with van der Waals surface area (Å²) in [5.74, 6) is 1.63. The summed E-state index contributed by atoms with van der Waals surface area (Å²) in [4.78, 5) is 16.9. The summed E-state index contributed by atoms with van der Waals surface area (Å²) in [6.45, 7) is 7.50. The largest absolute Gasteiger partial charge is 0.490 e. The molecule has 2 aliphatic heterocycles. The Hall–Kier alpha value is -4.37. The van der Waals surface area contributed by atoms with Crippen molar-refractivity contribution in [1.29, 1.82) is 5.41 Å². The van der Waals surface area contributed by atoms with Crippen molar-refractivity contribution in [3.63, 3.8) is 0 Å². The van der Waals surface area contributed by atoms with Crippen LogP contribution in [-0.2, 0) is 10.2 Å². The Balaban J connectivity index is 1.18. The molecule has 0 fully saturated rings. The molecule has 1 amide bonds. The third-order valence-corrected chi connectivity index (χ3v) is 6.99. The molecule has 2 heterocycles. The lowest BCUT2D eigenvalue weighted by atomic mass is 9.87. The number of rotatable bonds is 9. The molecule has 2 aliphatic rings. The Labute approximate surface area is 237 Å². The molecule has 3 aromatic rings. The molecule has 9 heteroatoms. The van der Waals surface area contributed by atoms with Gasteiger partial charge in [-0.15, -0.1) is 0 Å². The fourth-order valence-electron chi connectivity index (χ4n) is 3.98. The lowest BCUT2D eigenvalue weighted by Crippen LogP contribution is -2.35. The van der Waals surface area contributed by atoms with Gasteiger partial charge in [-0.2, -0.15) is 15.1 Å². The predicted molar refractivity (Wildman–Crippen MR) is 160 cm³/mol. The monoisotopic (exact) mass is 554 g/mol. The average Bonchev–Trinajstić information content (AvgIpc) is 3.36. The smallest absolute Gasteiger partial charge is 0.283 e. The van der Waals surface area contributed by atoms with Crippen molar-refractivity contribution in [2.45, 2.75) is 26.2 Å². The molecule has 0 aliphatic carbocycles. The molecule has 5 rings (SSSR count). The van der Waals surface area contributed by atoms with Crippen molar-refractivity contribution in [2.24, 2.45) is 10.1 Å². The van der Waals surface area contributed by atoms with Crippen LogP contribution in [-0.4, -0.2) is 46.8 Å². The maximum atomic E-state index is 12.8. The standard InChI is InChI=1S/C31H30N4O4S/c1-31(2,3)22-12-14-24(15-13-22)37-16-17-38-25-11-7-8-21(18-25)19-26-28(32)35-30(33-29(26)36)40-27(34-35)20-39-23-9-5-4-6-10-23/h4-15,18-19,32H,16-17,20H2,1-3H3/b26-19-,32-28?. The highest BCUT2D eigenvalue weighted by molar-refractivity contribution is 8.27. The number of ether oxygens (including phenoxy) is 3. The van der Waals surface area contributed by atoms with Gasteiger partial charge in [0.05, 0.1) is 5.57 Å². The number of amidine groups is 2. The molecule has 40 heavy (non-hydrogen) atoms. The van der Waals surface area contributed by atoms with Gasteiger partial charge >= 0.3 is 0 Å². The first-order valence-corrected chi connectivity index (χ1v) is 13.7. The Bertz CT molecular complexity index is 1490. The molecule has 0 atom stereocenters. The number of thioether (sulfide) groups is 1. The highest BCUT2D eigenvalue weighted by Crippen LogP contribution is 2.29. The van der Waals surface area contributed by atoms with Crippen LogP contribution < -0.4 is 14.2 Å². The first-order valence-electron chi connectivity index (χ1n) is 12.9. The minimum absolute atomic E-state index is 0.0330. The van der Waals surface area contributed by atoms with Crippen LogP contribution in [0.1, 0.15) is 31.9 Å². The van der Waals surface area contributed by atoms with Gasteiger partial charge in [-0.05, 0) is 70.8 Å².